The number of carbonyl (C=O) groups is 3. The summed E-state index contributed by atoms with van der Waals surface area (Å²) in [6.07, 6.45) is 0. The van der Waals surface area contributed by atoms with Gasteiger partial charge in [-0.25, -0.2) is 4.90 Å². The minimum absolute atomic E-state index is 0.229. The van der Waals surface area contributed by atoms with Crippen molar-refractivity contribution in [3.63, 3.8) is 0 Å². The highest BCUT2D eigenvalue weighted by Crippen LogP contribution is 2.54. The molecule has 1 spiro atoms. The number of rotatable bonds is 3. The van der Waals surface area contributed by atoms with E-state index >= 15 is 0 Å². The Morgan fingerprint density at radius 2 is 1.56 bits per heavy atom. The molecular formula is C26H18BrN3O3S. The number of benzene rings is 3. The lowest BCUT2D eigenvalue weighted by Gasteiger charge is -2.29. The van der Waals surface area contributed by atoms with E-state index in [1.807, 2.05) is 54.6 Å². The van der Waals surface area contributed by atoms with Crippen LogP contribution in [0.25, 0.3) is 0 Å². The molecule has 34 heavy (non-hydrogen) atoms. The van der Waals surface area contributed by atoms with E-state index in [9.17, 15) is 14.4 Å². The fourth-order valence-corrected chi connectivity index (χ4v) is 6.05. The van der Waals surface area contributed by atoms with Gasteiger partial charge in [-0.1, -0.05) is 76.7 Å². The minimum atomic E-state index is -1.41. The van der Waals surface area contributed by atoms with Gasteiger partial charge in [-0.3, -0.25) is 14.4 Å². The number of para-hydroxylation sites is 1. The lowest BCUT2D eigenvalue weighted by molar-refractivity contribution is -0.132. The molecule has 2 saturated heterocycles. The van der Waals surface area contributed by atoms with Crippen molar-refractivity contribution in [1.29, 1.82) is 0 Å². The van der Waals surface area contributed by atoms with Crippen LogP contribution in [0.1, 0.15) is 11.1 Å². The molecule has 0 saturated carbocycles. The fourth-order valence-electron chi connectivity index (χ4n) is 5.39. The topological polar surface area (TPSA) is 69.7 Å². The zero-order chi connectivity index (χ0) is 23.6. The van der Waals surface area contributed by atoms with Gasteiger partial charge in [0.2, 0.25) is 11.8 Å². The Balaban J connectivity index is 1.47. The molecule has 2 fully saturated rings. The summed E-state index contributed by atoms with van der Waals surface area (Å²) >= 11 is 8.96. The molecule has 0 aliphatic carbocycles. The lowest BCUT2D eigenvalue weighted by Crippen LogP contribution is -2.54. The minimum Gasteiger partial charge on any atom is -0.361 e. The number of imide groups is 1. The molecule has 0 bridgehead atoms. The first-order valence-electron chi connectivity index (χ1n) is 10.8. The van der Waals surface area contributed by atoms with Crippen molar-refractivity contribution in [1.82, 2.24) is 5.32 Å². The van der Waals surface area contributed by atoms with E-state index in [0.717, 1.165) is 15.7 Å². The summed E-state index contributed by atoms with van der Waals surface area (Å²) in [6, 6.07) is 24.0. The number of hydrogen-bond acceptors (Lipinski definition) is 4. The third-order valence-corrected chi connectivity index (χ3v) is 7.73. The molecule has 6 rings (SSSR count). The lowest BCUT2D eigenvalue weighted by atomic mass is 9.77. The van der Waals surface area contributed by atoms with Crippen LogP contribution in [0.2, 0.25) is 0 Å². The SMILES string of the molecule is O=C1[C@@H]2C(=S)N[C@@]3(C(=O)N(Cc4ccccc4)c4ccccc43)[C@@H]2C(=O)N1c1ccc(Br)cc1. The first kappa shape index (κ1) is 21.2. The molecule has 0 unspecified atom stereocenters. The van der Waals surface area contributed by atoms with E-state index in [2.05, 4.69) is 21.2 Å². The number of carbonyl (C=O) groups excluding carboxylic acids is 3. The summed E-state index contributed by atoms with van der Waals surface area (Å²) in [5.74, 6) is -2.94. The van der Waals surface area contributed by atoms with Gasteiger partial charge in [-0.05, 0) is 35.9 Å². The van der Waals surface area contributed by atoms with E-state index in [1.54, 1.807) is 29.2 Å². The first-order valence-corrected chi connectivity index (χ1v) is 12.0. The van der Waals surface area contributed by atoms with Crippen LogP contribution in [-0.2, 0) is 26.5 Å². The van der Waals surface area contributed by atoms with Gasteiger partial charge in [0.1, 0.15) is 5.92 Å². The average molecular weight is 532 g/mol. The van der Waals surface area contributed by atoms with Crippen LogP contribution in [0, 0.1) is 11.8 Å². The third-order valence-electron chi connectivity index (χ3n) is 6.85. The van der Waals surface area contributed by atoms with Crippen molar-refractivity contribution in [3.05, 3.63) is 94.5 Å². The average Bonchev–Trinajstić information content (AvgIpc) is 3.39. The number of anilines is 2. The van der Waals surface area contributed by atoms with Gasteiger partial charge in [-0.2, -0.15) is 0 Å². The Labute approximate surface area is 209 Å². The Bertz CT molecular complexity index is 1380. The second kappa shape index (κ2) is 7.58. The Hall–Kier alpha value is -3.36. The van der Waals surface area contributed by atoms with Crippen molar-refractivity contribution < 1.29 is 14.4 Å². The summed E-state index contributed by atoms with van der Waals surface area (Å²) < 4.78 is 0.834. The molecule has 3 amide bonds. The number of fused-ring (bicyclic) bond motifs is 4. The number of amides is 3. The summed E-state index contributed by atoms with van der Waals surface area (Å²) in [5, 5.41) is 3.16. The molecule has 3 aliphatic rings. The second-order valence-electron chi connectivity index (χ2n) is 8.63. The zero-order valence-electron chi connectivity index (χ0n) is 17.8. The van der Waals surface area contributed by atoms with E-state index in [1.165, 1.54) is 4.90 Å². The molecule has 0 radical (unpaired) electrons. The van der Waals surface area contributed by atoms with Gasteiger partial charge >= 0.3 is 0 Å². The second-order valence-corrected chi connectivity index (χ2v) is 9.99. The maximum atomic E-state index is 14.1. The summed E-state index contributed by atoms with van der Waals surface area (Å²) in [6.45, 7) is 0.350. The molecule has 3 aliphatic heterocycles. The number of halogens is 1. The summed E-state index contributed by atoms with van der Waals surface area (Å²) in [4.78, 5) is 44.5. The van der Waals surface area contributed by atoms with Crippen molar-refractivity contribution in [2.24, 2.45) is 11.8 Å². The Morgan fingerprint density at radius 1 is 0.882 bits per heavy atom. The predicted molar refractivity (Wildman–Crippen MR) is 135 cm³/mol. The number of thiocarbonyl (C=S) groups is 1. The highest BCUT2D eigenvalue weighted by atomic mass is 79.9. The highest BCUT2D eigenvalue weighted by molar-refractivity contribution is 9.10. The van der Waals surface area contributed by atoms with Crippen LogP contribution in [0.5, 0.6) is 0 Å². The molecule has 0 aromatic heterocycles. The van der Waals surface area contributed by atoms with E-state index in [-0.39, 0.29) is 10.9 Å². The van der Waals surface area contributed by atoms with Gasteiger partial charge in [0, 0.05) is 10.0 Å². The Kier molecular flexibility index (Phi) is 4.72. The van der Waals surface area contributed by atoms with E-state index < -0.39 is 29.2 Å². The molecule has 8 heteroatoms. The number of nitrogens with zero attached hydrogens (tertiary/aromatic N) is 2. The van der Waals surface area contributed by atoms with Gasteiger partial charge < -0.3 is 10.2 Å². The van der Waals surface area contributed by atoms with Crippen LogP contribution in [0.15, 0.2) is 83.3 Å². The number of nitrogens with one attached hydrogen (secondary N) is 1. The zero-order valence-corrected chi connectivity index (χ0v) is 20.2. The molecule has 1 N–H and O–H groups in total. The van der Waals surface area contributed by atoms with Gasteiger partial charge in [0.15, 0.2) is 5.54 Å². The molecule has 3 aromatic rings. The normalized spacial score (nSPS) is 25.2. The Morgan fingerprint density at radius 3 is 2.29 bits per heavy atom. The summed E-state index contributed by atoms with van der Waals surface area (Å²) in [5.41, 5.74) is 1.40. The monoisotopic (exact) mass is 531 g/mol. The van der Waals surface area contributed by atoms with Crippen LogP contribution in [0.3, 0.4) is 0 Å². The van der Waals surface area contributed by atoms with Crippen molar-refractivity contribution in [2.45, 2.75) is 12.1 Å². The molecule has 3 atom stereocenters. The van der Waals surface area contributed by atoms with Crippen molar-refractivity contribution >= 4 is 62.2 Å². The quantitative estimate of drug-likeness (QED) is 0.409. The van der Waals surface area contributed by atoms with Crippen molar-refractivity contribution in [2.75, 3.05) is 9.80 Å². The van der Waals surface area contributed by atoms with Crippen LogP contribution in [-0.4, -0.2) is 22.7 Å². The summed E-state index contributed by atoms with van der Waals surface area (Å²) in [7, 11) is 0. The van der Waals surface area contributed by atoms with Crippen LogP contribution >= 0.6 is 28.1 Å². The van der Waals surface area contributed by atoms with Crippen molar-refractivity contribution in [3.8, 4) is 0 Å². The van der Waals surface area contributed by atoms with Gasteiger partial charge in [0.05, 0.1) is 28.8 Å². The molecular weight excluding hydrogens is 514 g/mol. The van der Waals surface area contributed by atoms with Gasteiger partial charge in [-0.15, -0.1) is 0 Å². The molecule has 6 nitrogen and oxygen atoms in total. The maximum absolute atomic E-state index is 14.1. The number of hydrogen-bond donors (Lipinski definition) is 1. The van der Waals surface area contributed by atoms with Gasteiger partial charge in [0.25, 0.3) is 5.91 Å². The molecule has 168 valence electrons. The largest absolute Gasteiger partial charge is 0.361 e. The predicted octanol–water partition coefficient (Wildman–Crippen LogP) is 3.93. The molecule has 3 aromatic carbocycles. The smallest absolute Gasteiger partial charge is 0.258 e. The fraction of sp³-hybridized carbons (Fsp3) is 0.154. The van der Waals surface area contributed by atoms with Crippen LogP contribution in [0.4, 0.5) is 11.4 Å². The van der Waals surface area contributed by atoms with Crippen LogP contribution < -0.4 is 15.1 Å². The first-order chi connectivity index (χ1) is 16.4. The molecule has 3 heterocycles. The van der Waals surface area contributed by atoms with E-state index in [4.69, 9.17) is 12.2 Å². The van der Waals surface area contributed by atoms with E-state index in [0.29, 0.717) is 17.8 Å². The highest BCUT2D eigenvalue weighted by Gasteiger charge is 2.71. The maximum Gasteiger partial charge on any atom is 0.258 e. The third kappa shape index (κ3) is 2.78. The standard InChI is InChI=1S/C26H18BrN3O3S/c27-16-10-12-17(13-11-16)30-23(31)20-21(24(30)32)26(28-22(20)34)18-8-4-5-9-19(18)29(25(26)33)14-15-6-2-1-3-7-15/h1-13,20-21H,14H2,(H,28,34)/t20-,21-,26+/m0/s1.